The monoisotopic (exact) mass is 433 g/mol. The van der Waals surface area contributed by atoms with Crippen molar-refractivity contribution in [2.75, 3.05) is 19.6 Å². The van der Waals surface area contributed by atoms with Crippen LogP contribution in [-0.4, -0.2) is 48.2 Å². The lowest BCUT2D eigenvalue weighted by molar-refractivity contribution is -0.135. The van der Waals surface area contributed by atoms with Crippen LogP contribution in [0.5, 0.6) is 0 Å². The van der Waals surface area contributed by atoms with Crippen molar-refractivity contribution in [2.45, 2.75) is 45.1 Å². The van der Waals surface area contributed by atoms with E-state index in [0.717, 1.165) is 42.6 Å². The number of oxime groups is 1. The Labute approximate surface area is 189 Å². The Balaban J connectivity index is 1.25. The van der Waals surface area contributed by atoms with E-state index in [1.54, 1.807) is 0 Å². The minimum Gasteiger partial charge on any atom is -0.390 e. The molecule has 2 amide bonds. The summed E-state index contributed by atoms with van der Waals surface area (Å²) < 4.78 is 0. The summed E-state index contributed by atoms with van der Waals surface area (Å²) in [7, 11) is 0. The second-order valence-electron chi connectivity index (χ2n) is 8.59. The van der Waals surface area contributed by atoms with E-state index in [2.05, 4.69) is 46.9 Å². The van der Waals surface area contributed by atoms with Gasteiger partial charge < -0.3 is 15.1 Å². The molecular formula is C26H31N3O3. The third-order valence-corrected chi connectivity index (χ3v) is 6.17. The second-order valence-corrected chi connectivity index (χ2v) is 8.59. The molecule has 4 rings (SSSR count). The van der Waals surface area contributed by atoms with Gasteiger partial charge in [-0.05, 0) is 36.0 Å². The molecule has 6 nitrogen and oxygen atoms in total. The van der Waals surface area contributed by atoms with E-state index in [-0.39, 0.29) is 23.8 Å². The molecule has 6 heteroatoms. The van der Waals surface area contributed by atoms with E-state index < -0.39 is 0 Å². The average molecular weight is 434 g/mol. The molecule has 168 valence electrons. The molecule has 2 aromatic carbocycles. The van der Waals surface area contributed by atoms with Crippen molar-refractivity contribution in [1.82, 2.24) is 10.2 Å². The lowest BCUT2D eigenvalue weighted by atomic mass is 9.96. The van der Waals surface area contributed by atoms with Gasteiger partial charge in [-0.15, -0.1) is 0 Å². The summed E-state index contributed by atoms with van der Waals surface area (Å²) in [5, 5.41) is 7.26. The number of hydrogen-bond donors (Lipinski definition) is 1. The number of benzene rings is 2. The van der Waals surface area contributed by atoms with E-state index >= 15 is 0 Å². The van der Waals surface area contributed by atoms with Crippen LogP contribution < -0.4 is 5.32 Å². The van der Waals surface area contributed by atoms with Crippen LogP contribution in [0, 0.1) is 5.92 Å². The highest BCUT2D eigenvalue weighted by Crippen LogP contribution is 2.23. The Morgan fingerprint density at radius 1 is 1.06 bits per heavy atom. The van der Waals surface area contributed by atoms with Crippen molar-refractivity contribution >= 4 is 17.5 Å². The number of rotatable bonds is 7. The smallest absolute Gasteiger partial charge is 0.225 e. The molecule has 2 aliphatic rings. The standard InChI is InChI=1S/C26H31N3O3/c1-2-7-25(30)29-15-6-10-22(18-29)26(31)27-17-23-16-24(28-32-23)21-13-11-20(12-14-21)19-8-4-3-5-9-19/h3-5,8-9,11-14,22-23H,2,6-7,10,15-18H2,1H3,(H,27,31)/t22-,23+/m0/s1. The summed E-state index contributed by atoms with van der Waals surface area (Å²) in [6.07, 6.45) is 3.59. The molecule has 2 heterocycles. The van der Waals surface area contributed by atoms with Crippen LogP contribution in [0.15, 0.2) is 59.8 Å². The minimum absolute atomic E-state index is 0.00302. The maximum Gasteiger partial charge on any atom is 0.225 e. The van der Waals surface area contributed by atoms with E-state index in [1.807, 2.05) is 30.0 Å². The number of likely N-dealkylation sites (tertiary alicyclic amines) is 1. The zero-order valence-electron chi connectivity index (χ0n) is 18.6. The van der Waals surface area contributed by atoms with Gasteiger partial charge in [0.05, 0.1) is 18.2 Å². The number of carbonyl (C=O) groups excluding carboxylic acids is 2. The van der Waals surface area contributed by atoms with Crippen LogP contribution in [-0.2, 0) is 14.4 Å². The van der Waals surface area contributed by atoms with Gasteiger partial charge in [0.25, 0.3) is 0 Å². The molecule has 2 aromatic rings. The molecule has 0 saturated carbocycles. The van der Waals surface area contributed by atoms with Gasteiger partial charge in [-0.1, -0.05) is 66.7 Å². The van der Waals surface area contributed by atoms with Gasteiger partial charge in [0.2, 0.25) is 11.8 Å². The first-order valence-corrected chi connectivity index (χ1v) is 11.6. The second kappa shape index (κ2) is 10.4. The normalized spacial score (nSPS) is 20.4. The maximum atomic E-state index is 12.7. The van der Waals surface area contributed by atoms with Crippen LogP contribution in [0.4, 0.5) is 0 Å². The summed E-state index contributed by atoms with van der Waals surface area (Å²) in [5.41, 5.74) is 4.28. The van der Waals surface area contributed by atoms with Gasteiger partial charge >= 0.3 is 0 Å². The van der Waals surface area contributed by atoms with Gasteiger partial charge in [0, 0.05) is 25.9 Å². The largest absolute Gasteiger partial charge is 0.390 e. The summed E-state index contributed by atoms with van der Waals surface area (Å²) in [4.78, 5) is 32.2. The van der Waals surface area contributed by atoms with Crippen molar-refractivity contribution in [2.24, 2.45) is 11.1 Å². The first-order chi connectivity index (χ1) is 15.6. The quantitative estimate of drug-likeness (QED) is 0.717. The zero-order valence-corrected chi connectivity index (χ0v) is 18.6. The highest BCUT2D eigenvalue weighted by atomic mass is 16.6. The molecule has 0 aromatic heterocycles. The fraction of sp³-hybridized carbons (Fsp3) is 0.423. The number of hydrogen-bond acceptors (Lipinski definition) is 4. The summed E-state index contributed by atoms with van der Waals surface area (Å²) >= 11 is 0. The van der Waals surface area contributed by atoms with Gasteiger partial charge in [-0.25, -0.2) is 0 Å². The van der Waals surface area contributed by atoms with Gasteiger partial charge in [-0.3, -0.25) is 9.59 Å². The highest BCUT2D eigenvalue weighted by Gasteiger charge is 2.29. The van der Waals surface area contributed by atoms with Crippen molar-refractivity contribution < 1.29 is 14.4 Å². The first kappa shape index (κ1) is 22.1. The van der Waals surface area contributed by atoms with Crippen LogP contribution >= 0.6 is 0 Å². The lowest BCUT2D eigenvalue weighted by Crippen LogP contribution is -2.46. The van der Waals surface area contributed by atoms with Gasteiger partial charge in [0.1, 0.15) is 6.10 Å². The molecular weight excluding hydrogens is 402 g/mol. The lowest BCUT2D eigenvalue weighted by Gasteiger charge is -2.32. The molecule has 1 N–H and O–H groups in total. The van der Waals surface area contributed by atoms with Crippen molar-refractivity contribution in [3.8, 4) is 11.1 Å². The fourth-order valence-electron chi connectivity index (χ4n) is 4.34. The molecule has 0 radical (unpaired) electrons. The van der Waals surface area contributed by atoms with E-state index in [4.69, 9.17) is 4.84 Å². The molecule has 2 atom stereocenters. The van der Waals surface area contributed by atoms with E-state index in [1.165, 1.54) is 5.56 Å². The van der Waals surface area contributed by atoms with Crippen molar-refractivity contribution in [1.29, 1.82) is 0 Å². The Kier molecular flexibility index (Phi) is 7.20. The fourth-order valence-corrected chi connectivity index (χ4v) is 4.34. The molecule has 32 heavy (non-hydrogen) atoms. The Bertz CT molecular complexity index is 956. The summed E-state index contributed by atoms with van der Waals surface area (Å²) in [6.45, 7) is 3.70. The molecule has 1 fully saturated rings. The van der Waals surface area contributed by atoms with E-state index in [0.29, 0.717) is 25.9 Å². The summed E-state index contributed by atoms with van der Waals surface area (Å²) in [5.74, 6) is 0.0144. The number of piperidine rings is 1. The summed E-state index contributed by atoms with van der Waals surface area (Å²) in [6, 6.07) is 18.6. The average Bonchev–Trinajstić information content (AvgIpc) is 3.32. The van der Waals surface area contributed by atoms with Crippen LogP contribution in [0.1, 0.15) is 44.6 Å². The zero-order chi connectivity index (χ0) is 22.3. The number of carbonyl (C=O) groups is 2. The maximum absolute atomic E-state index is 12.7. The van der Waals surface area contributed by atoms with Gasteiger partial charge in [-0.2, -0.15) is 0 Å². The Morgan fingerprint density at radius 2 is 1.78 bits per heavy atom. The van der Waals surface area contributed by atoms with Crippen LogP contribution in [0.25, 0.3) is 11.1 Å². The third kappa shape index (κ3) is 5.36. The molecule has 0 aliphatic carbocycles. The number of nitrogens with zero attached hydrogens (tertiary/aromatic N) is 2. The molecule has 0 spiro atoms. The Morgan fingerprint density at radius 3 is 2.53 bits per heavy atom. The topological polar surface area (TPSA) is 71.0 Å². The molecule has 0 unspecified atom stereocenters. The first-order valence-electron chi connectivity index (χ1n) is 11.6. The van der Waals surface area contributed by atoms with Crippen LogP contribution in [0.2, 0.25) is 0 Å². The molecule has 2 aliphatic heterocycles. The SMILES string of the molecule is CCCC(=O)N1CCC[C@H](C(=O)NC[C@H]2CC(c3ccc(-c4ccccc4)cc3)=NO2)C1. The van der Waals surface area contributed by atoms with Gasteiger partial charge in [0.15, 0.2) is 0 Å². The molecule has 1 saturated heterocycles. The predicted octanol–water partition coefficient (Wildman–Crippen LogP) is 4.00. The van der Waals surface area contributed by atoms with Crippen molar-refractivity contribution in [3.05, 3.63) is 60.2 Å². The van der Waals surface area contributed by atoms with Crippen molar-refractivity contribution in [3.63, 3.8) is 0 Å². The van der Waals surface area contributed by atoms with Crippen LogP contribution in [0.3, 0.4) is 0 Å². The third-order valence-electron chi connectivity index (χ3n) is 6.17. The number of amides is 2. The number of nitrogens with one attached hydrogen (secondary N) is 1. The minimum atomic E-state index is -0.163. The highest BCUT2D eigenvalue weighted by molar-refractivity contribution is 6.01. The predicted molar refractivity (Wildman–Crippen MR) is 125 cm³/mol. The Hall–Kier alpha value is -3.15. The van der Waals surface area contributed by atoms with E-state index in [9.17, 15) is 9.59 Å². The molecule has 0 bridgehead atoms.